The van der Waals surface area contributed by atoms with Crippen molar-refractivity contribution in [3.63, 3.8) is 0 Å². The van der Waals surface area contributed by atoms with E-state index in [1.807, 2.05) is 13.8 Å². The molecule has 0 radical (unpaired) electrons. The molecule has 0 aromatic carbocycles. The lowest BCUT2D eigenvalue weighted by atomic mass is 10.1. The van der Waals surface area contributed by atoms with Crippen LogP contribution in [0.5, 0.6) is 0 Å². The second kappa shape index (κ2) is 5.86. The molecule has 0 saturated carbocycles. The lowest BCUT2D eigenvalue weighted by Crippen LogP contribution is -2.58. The number of carbonyl (C=O) groups is 2. The van der Waals surface area contributed by atoms with E-state index in [9.17, 15) is 9.59 Å². The maximum Gasteiger partial charge on any atom is 0.407 e. The smallest absolute Gasteiger partial charge is 0.407 e. The summed E-state index contributed by atoms with van der Waals surface area (Å²) in [5.74, 6) is -0.283. The predicted molar refractivity (Wildman–Crippen MR) is 61.9 cm³/mol. The van der Waals surface area contributed by atoms with Crippen LogP contribution < -0.4 is 0 Å². The Morgan fingerprint density at radius 3 is 2.24 bits per heavy atom. The second-order valence-corrected chi connectivity index (χ2v) is 4.46. The molecule has 0 aromatic rings. The van der Waals surface area contributed by atoms with Crippen LogP contribution in [-0.2, 0) is 9.53 Å². The van der Waals surface area contributed by atoms with E-state index in [0.29, 0.717) is 26.2 Å². The van der Waals surface area contributed by atoms with Gasteiger partial charge in [-0.1, -0.05) is 0 Å². The SMILES string of the molecule is CC(=O)OCCN1C(C)CN(C(=O)O)CC1C. The van der Waals surface area contributed by atoms with Gasteiger partial charge >= 0.3 is 12.1 Å². The minimum atomic E-state index is -0.872. The van der Waals surface area contributed by atoms with E-state index in [1.54, 1.807) is 0 Å². The molecule has 1 aliphatic heterocycles. The van der Waals surface area contributed by atoms with Crippen molar-refractivity contribution in [3.05, 3.63) is 0 Å². The molecule has 0 bridgehead atoms. The largest absolute Gasteiger partial charge is 0.465 e. The Morgan fingerprint density at radius 2 is 1.82 bits per heavy atom. The highest BCUT2D eigenvalue weighted by atomic mass is 16.5. The zero-order valence-electron chi connectivity index (χ0n) is 10.5. The Kier molecular flexibility index (Phi) is 4.74. The lowest BCUT2D eigenvalue weighted by Gasteiger charge is -2.43. The number of carboxylic acid groups (broad SMARTS) is 1. The van der Waals surface area contributed by atoms with E-state index in [4.69, 9.17) is 9.84 Å². The maximum absolute atomic E-state index is 10.9. The van der Waals surface area contributed by atoms with Gasteiger partial charge in [-0.25, -0.2) is 4.79 Å². The monoisotopic (exact) mass is 244 g/mol. The second-order valence-electron chi connectivity index (χ2n) is 4.46. The van der Waals surface area contributed by atoms with E-state index in [0.717, 1.165) is 0 Å². The molecule has 6 nitrogen and oxygen atoms in total. The Hall–Kier alpha value is -1.30. The first-order valence-electron chi connectivity index (χ1n) is 5.78. The van der Waals surface area contributed by atoms with Gasteiger partial charge in [-0.15, -0.1) is 0 Å². The molecule has 1 saturated heterocycles. The van der Waals surface area contributed by atoms with Gasteiger partial charge in [0.2, 0.25) is 0 Å². The van der Waals surface area contributed by atoms with Crippen LogP contribution in [0, 0.1) is 0 Å². The Labute approximate surface area is 101 Å². The summed E-state index contributed by atoms with van der Waals surface area (Å²) in [6.07, 6.45) is -0.872. The van der Waals surface area contributed by atoms with Gasteiger partial charge < -0.3 is 14.7 Å². The average molecular weight is 244 g/mol. The molecule has 1 heterocycles. The van der Waals surface area contributed by atoms with Crippen molar-refractivity contribution in [2.75, 3.05) is 26.2 Å². The van der Waals surface area contributed by atoms with Crippen molar-refractivity contribution in [1.29, 1.82) is 0 Å². The summed E-state index contributed by atoms with van der Waals surface area (Å²) in [5.41, 5.74) is 0. The minimum absolute atomic E-state index is 0.144. The first-order chi connectivity index (χ1) is 7.91. The van der Waals surface area contributed by atoms with Crippen molar-refractivity contribution in [2.24, 2.45) is 0 Å². The fraction of sp³-hybridized carbons (Fsp3) is 0.818. The van der Waals surface area contributed by atoms with E-state index in [1.165, 1.54) is 11.8 Å². The molecule has 17 heavy (non-hydrogen) atoms. The predicted octanol–water partition coefficient (Wildman–Crippen LogP) is 0.622. The van der Waals surface area contributed by atoms with Crippen LogP contribution >= 0.6 is 0 Å². The summed E-state index contributed by atoms with van der Waals surface area (Å²) in [7, 11) is 0. The molecule has 0 aromatic heterocycles. The highest BCUT2D eigenvalue weighted by molar-refractivity contribution is 5.66. The Balaban J connectivity index is 2.46. The molecule has 0 spiro atoms. The first-order valence-corrected chi connectivity index (χ1v) is 5.78. The molecule has 6 heteroatoms. The molecule has 1 fully saturated rings. The van der Waals surface area contributed by atoms with Gasteiger partial charge in [-0.05, 0) is 13.8 Å². The van der Waals surface area contributed by atoms with Crippen molar-refractivity contribution >= 4 is 12.1 Å². The van der Waals surface area contributed by atoms with Crippen LogP contribution in [0.1, 0.15) is 20.8 Å². The van der Waals surface area contributed by atoms with Gasteiger partial charge in [0.15, 0.2) is 0 Å². The highest BCUT2D eigenvalue weighted by Crippen LogP contribution is 2.15. The first kappa shape index (κ1) is 13.8. The summed E-state index contributed by atoms with van der Waals surface area (Å²) >= 11 is 0. The number of hydrogen-bond donors (Lipinski definition) is 1. The Bertz CT molecular complexity index is 283. The molecule has 1 amide bonds. The number of ether oxygens (including phenoxy) is 1. The van der Waals surface area contributed by atoms with Gasteiger partial charge in [0.05, 0.1) is 0 Å². The van der Waals surface area contributed by atoms with Crippen molar-refractivity contribution in [3.8, 4) is 0 Å². The number of esters is 1. The summed E-state index contributed by atoms with van der Waals surface area (Å²) in [6, 6.07) is 0.288. The Morgan fingerprint density at radius 1 is 1.29 bits per heavy atom. The van der Waals surface area contributed by atoms with Gasteiger partial charge in [0, 0.05) is 38.6 Å². The number of amides is 1. The summed E-state index contributed by atoms with van der Waals surface area (Å²) in [6.45, 7) is 7.36. The van der Waals surface area contributed by atoms with Gasteiger partial charge in [-0.2, -0.15) is 0 Å². The number of piperazine rings is 1. The van der Waals surface area contributed by atoms with Gasteiger partial charge in [0.1, 0.15) is 6.61 Å². The van der Waals surface area contributed by atoms with E-state index >= 15 is 0 Å². The van der Waals surface area contributed by atoms with Crippen LogP contribution in [-0.4, -0.2) is 65.3 Å². The zero-order chi connectivity index (χ0) is 13.0. The summed E-state index contributed by atoms with van der Waals surface area (Å²) in [5, 5.41) is 8.95. The molecule has 1 aliphatic rings. The zero-order valence-corrected chi connectivity index (χ0v) is 10.5. The molecular weight excluding hydrogens is 224 g/mol. The summed E-state index contributed by atoms with van der Waals surface area (Å²) in [4.78, 5) is 25.2. The fourth-order valence-corrected chi connectivity index (χ4v) is 2.25. The molecule has 0 aliphatic carbocycles. The number of nitrogens with zero attached hydrogens (tertiary/aromatic N) is 2. The third-order valence-electron chi connectivity index (χ3n) is 3.03. The standard InChI is InChI=1S/C11H20N2O4/c1-8-6-12(11(15)16)7-9(2)13(8)4-5-17-10(3)14/h8-9H,4-7H2,1-3H3,(H,15,16). The van der Waals surface area contributed by atoms with Gasteiger partial charge in [0.25, 0.3) is 0 Å². The number of hydrogen-bond acceptors (Lipinski definition) is 4. The average Bonchev–Trinajstić information content (AvgIpc) is 2.21. The summed E-state index contributed by atoms with van der Waals surface area (Å²) < 4.78 is 4.91. The van der Waals surface area contributed by atoms with Crippen LogP contribution in [0.2, 0.25) is 0 Å². The van der Waals surface area contributed by atoms with Crippen molar-refractivity contribution in [2.45, 2.75) is 32.9 Å². The number of carbonyl (C=O) groups excluding carboxylic acids is 1. The van der Waals surface area contributed by atoms with Crippen LogP contribution in [0.25, 0.3) is 0 Å². The molecule has 2 unspecified atom stereocenters. The van der Waals surface area contributed by atoms with Crippen LogP contribution in [0.15, 0.2) is 0 Å². The third kappa shape index (κ3) is 3.89. The van der Waals surface area contributed by atoms with E-state index < -0.39 is 6.09 Å². The lowest BCUT2D eigenvalue weighted by molar-refractivity contribution is -0.141. The fourth-order valence-electron chi connectivity index (χ4n) is 2.25. The molecule has 1 N–H and O–H groups in total. The maximum atomic E-state index is 10.9. The van der Waals surface area contributed by atoms with Crippen molar-refractivity contribution in [1.82, 2.24) is 9.80 Å². The number of rotatable bonds is 3. The van der Waals surface area contributed by atoms with Crippen molar-refractivity contribution < 1.29 is 19.4 Å². The third-order valence-corrected chi connectivity index (χ3v) is 3.03. The topological polar surface area (TPSA) is 70.1 Å². The minimum Gasteiger partial charge on any atom is -0.465 e. The van der Waals surface area contributed by atoms with Crippen LogP contribution in [0.4, 0.5) is 4.79 Å². The molecule has 2 atom stereocenters. The quantitative estimate of drug-likeness (QED) is 0.737. The normalized spacial score (nSPS) is 25.7. The highest BCUT2D eigenvalue weighted by Gasteiger charge is 2.31. The van der Waals surface area contributed by atoms with E-state index in [2.05, 4.69) is 4.90 Å². The molecule has 98 valence electrons. The van der Waals surface area contributed by atoms with E-state index in [-0.39, 0.29) is 18.1 Å². The van der Waals surface area contributed by atoms with Gasteiger partial charge in [-0.3, -0.25) is 9.69 Å². The molecular formula is C11H20N2O4. The molecule has 1 rings (SSSR count). The van der Waals surface area contributed by atoms with Crippen LogP contribution in [0.3, 0.4) is 0 Å².